The molecular weight excluding hydrogens is 502 g/mol. The molecule has 0 fully saturated rings. The van der Waals surface area contributed by atoms with Crippen molar-refractivity contribution in [2.45, 2.75) is 39.1 Å². The standard InChI is InChI=1S/C12H27O8P.C6H15O6P/c1-11(17-7-5-15-3)9-19-21(13,14)20-10-12(2)18-8-6-16-4;1-6(11-4-3-10-2)5-12-13(7,8)9/h11-12H,5-10H2,1-4H3,(H,13,14);6H,3-5H2,1-2H3,(H2,7,8,9). The van der Waals surface area contributed by atoms with E-state index in [2.05, 4.69) is 4.52 Å². The zero-order valence-corrected chi connectivity index (χ0v) is 22.6. The van der Waals surface area contributed by atoms with Crippen molar-refractivity contribution < 1.29 is 65.8 Å². The highest BCUT2D eigenvalue weighted by molar-refractivity contribution is 7.47. The SMILES string of the molecule is COCCOC(C)COP(=O)(O)O.COCCOC(C)COP(=O)(O)OCC(C)OCCOC. The molecule has 0 heterocycles. The number of ether oxygens (including phenoxy) is 6. The number of rotatable bonds is 21. The fourth-order valence-electron chi connectivity index (χ4n) is 1.78. The molecule has 0 aromatic heterocycles. The van der Waals surface area contributed by atoms with E-state index in [0.29, 0.717) is 39.6 Å². The van der Waals surface area contributed by atoms with Crippen LogP contribution >= 0.6 is 15.6 Å². The molecule has 3 unspecified atom stereocenters. The second kappa shape index (κ2) is 22.2. The van der Waals surface area contributed by atoms with E-state index in [1.807, 2.05) is 0 Å². The lowest BCUT2D eigenvalue weighted by molar-refractivity contribution is -0.0172. The molecule has 0 aliphatic rings. The predicted molar refractivity (Wildman–Crippen MR) is 122 cm³/mol. The summed E-state index contributed by atoms with van der Waals surface area (Å²) in [5.41, 5.74) is 0. The molecule has 3 N–H and O–H groups in total. The summed E-state index contributed by atoms with van der Waals surface area (Å²) in [6, 6.07) is 0. The molecule has 0 aliphatic heterocycles. The van der Waals surface area contributed by atoms with Crippen LogP contribution in [-0.4, -0.2) is 114 Å². The maximum absolute atomic E-state index is 11.6. The van der Waals surface area contributed by atoms with Gasteiger partial charge in [-0.1, -0.05) is 0 Å². The molecule has 208 valence electrons. The second-order valence-corrected chi connectivity index (χ2v) is 9.56. The fourth-order valence-corrected chi connectivity index (χ4v) is 3.06. The van der Waals surface area contributed by atoms with Gasteiger partial charge >= 0.3 is 15.6 Å². The highest BCUT2D eigenvalue weighted by Gasteiger charge is 2.23. The molecule has 0 bridgehead atoms. The Morgan fingerprint density at radius 1 is 0.559 bits per heavy atom. The average Bonchev–Trinajstić information content (AvgIpc) is 2.76. The largest absolute Gasteiger partial charge is 0.472 e. The summed E-state index contributed by atoms with van der Waals surface area (Å²) in [6.07, 6.45) is -1.03. The van der Waals surface area contributed by atoms with Crippen LogP contribution in [0.4, 0.5) is 0 Å². The Kier molecular flexibility index (Phi) is 23.6. The Bertz CT molecular complexity index is 523. The molecule has 34 heavy (non-hydrogen) atoms. The minimum Gasteiger partial charge on any atom is -0.382 e. The lowest BCUT2D eigenvalue weighted by Gasteiger charge is -2.18. The van der Waals surface area contributed by atoms with Crippen LogP contribution in [-0.2, 0) is 51.1 Å². The highest BCUT2D eigenvalue weighted by atomic mass is 31.2. The molecule has 0 radical (unpaired) electrons. The highest BCUT2D eigenvalue weighted by Crippen LogP contribution is 2.43. The second-order valence-electron chi connectivity index (χ2n) is 6.87. The first kappa shape index (κ1) is 36.1. The summed E-state index contributed by atoms with van der Waals surface area (Å²) in [4.78, 5) is 26.2. The minimum atomic E-state index is -4.37. The monoisotopic (exact) mass is 544 g/mol. The zero-order valence-electron chi connectivity index (χ0n) is 20.8. The Labute approximate surface area is 201 Å². The van der Waals surface area contributed by atoms with Crippen molar-refractivity contribution in [1.29, 1.82) is 0 Å². The average molecular weight is 544 g/mol. The van der Waals surface area contributed by atoms with Crippen molar-refractivity contribution in [3.8, 4) is 0 Å². The first-order valence-electron chi connectivity index (χ1n) is 10.5. The lowest BCUT2D eigenvalue weighted by atomic mass is 10.4. The number of hydrogen-bond donors (Lipinski definition) is 3. The molecule has 16 heteroatoms. The van der Waals surface area contributed by atoms with Gasteiger partial charge in [-0.25, -0.2) is 9.13 Å². The van der Waals surface area contributed by atoms with Crippen LogP contribution in [0.2, 0.25) is 0 Å². The van der Waals surface area contributed by atoms with E-state index in [1.165, 1.54) is 0 Å². The van der Waals surface area contributed by atoms with Crippen LogP contribution in [0, 0.1) is 0 Å². The summed E-state index contributed by atoms with van der Waals surface area (Å²) in [5.74, 6) is 0. The third-order valence-corrected chi connectivity index (χ3v) is 4.93. The molecule has 0 saturated heterocycles. The Morgan fingerprint density at radius 2 is 0.853 bits per heavy atom. The van der Waals surface area contributed by atoms with Crippen LogP contribution in [0.5, 0.6) is 0 Å². The summed E-state index contributed by atoms with van der Waals surface area (Å²) in [5, 5.41) is 0. The quantitative estimate of drug-likeness (QED) is 0.139. The molecule has 0 amide bonds. The minimum absolute atomic E-state index is 0.0452. The van der Waals surface area contributed by atoms with E-state index in [9.17, 15) is 14.0 Å². The molecule has 0 saturated carbocycles. The van der Waals surface area contributed by atoms with Crippen LogP contribution < -0.4 is 0 Å². The number of phosphoric ester groups is 2. The van der Waals surface area contributed by atoms with Gasteiger partial charge in [-0.15, -0.1) is 0 Å². The Morgan fingerprint density at radius 3 is 1.12 bits per heavy atom. The van der Waals surface area contributed by atoms with Gasteiger partial charge in [0, 0.05) is 21.3 Å². The van der Waals surface area contributed by atoms with Gasteiger partial charge in [0.1, 0.15) is 0 Å². The van der Waals surface area contributed by atoms with E-state index in [4.69, 9.17) is 47.3 Å². The molecule has 0 aromatic carbocycles. The topological polar surface area (TPSA) is 178 Å². The summed E-state index contributed by atoms with van der Waals surface area (Å²) >= 11 is 0. The van der Waals surface area contributed by atoms with Crippen LogP contribution in [0.3, 0.4) is 0 Å². The maximum atomic E-state index is 11.6. The van der Waals surface area contributed by atoms with Crippen LogP contribution in [0.25, 0.3) is 0 Å². The first-order chi connectivity index (χ1) is 15.9. The van der Waals surface area contributed by atoms with Crippen molar-refractivity contribution in [1.82, 2.24) is 0 Å². The number of phosphoric acid groups is 2. The van der Waals surface area contributed by atoms with E-state index in [-0.39, 0.29) is 38.1 Å². The Hall–Kier alpha value is -0.0200. The molecule has 0 aliphatic carbocycles. The maximum Gasteiger partial charge on any atom is 0.472 e. The van der Waals surface area contributed by atoms with Crippen molar-refractivity contribution in [2.75, 3.05) is 80.8 Å². The van der Waals surface area contributed by atoms with E-state index in [0.717, 1.165) is 0 Å². The third-order valence-electron chi connectivity index (χ3n) is 3.49. The first-order valence-corrected chi connectivity index (χ1v) is 13.5. The molecule has 0 spiro atoms. The zero-order chi connectivity index (χ0) is 26.5. The summed E-state index contributed by atoms with van der Waals surface area (Å²) in [6.45, 7) is 7.40. The number of methoxy groups -OCH3 is 3. The fraction of sp³-hybridized carbons (Fsp3) is 1.00. The van der Waals surface area contributed by atoms with Crippen molar-refractivity contribution in [2.24, 2.45) is 0 Å². The summed E-state index contributed by atoms with van der Waals surface area (Å²) in [7, 11) is -3.80. The van der Waals surface area contributed by atoms with Crippen LogP contribution in [0.15, 0.2) is 0 Å². The van der Waals surface area contributed by atoms with Gasteiger partial charge in [-0.3, -0.25) is 13.6 Å². The normalized spacial score (nSPS) is 16.3. The van der Waals surface area contributed by atoms with Gasteiger partial charge in [-0.05, 0) is 20.8 Å². The lowest BCUT2D eigenvalue weighted by Crippen LogP contribution is -2.20. The molecule has 14 nitrogen and oxygen atoms in total. The van der Waals surface area contributed by atoms with Crippen molar-refractivity contribution in [3.05, 3.63) is 0 Å². The summed E-state index contributed by atoms with van der Waals surface area (Å²) < 4.78 is 65.8. The molecule has 0 aromatic rings. The van der Waals surface area contributed by atoms with E-state index < -0.39 is 15.6 Å². The third kappa shape index (κ3) is 28.2. The number of hydrogen-bond acceptors (Lipinski definition) is 11. The van der Waals surface area contributed by atoms with Crippen molar-refractivity contribution in [3.63, 3.8) is 0 Å². The van der Waals surface area contributed by atoms with Crippen molar-refractivity contribution >= 4 is 15.6 Å². The molecule has 0 rings (SSSR count). The molecule has 3 atom stereocenters. The van der Waals surface area contributed by atoms with Gasteiger partial charge in [0.15, 0.2) is 0 Å². The van der Waals surface area contributed by atoms with Crippen LogP contribution in [0.1, 0.15) is 20.8 Å². The van der Waals surface area contributed by atoms with Gasteiger partial charge in [-0.2, -0.15) is 0 Å². The van der Waals surface area contributed by atoms with E-state index >= 15 is 0 Å². The van der Waals surface area contributed by atoms with E-state index in [1.54, 1.807) is 42.1 Å². The predicted octanol–water partition coefficient (Wildman–Crippen LogP) is 1.37. The molecular formula is C18H42O14P2. The van der Waals surface area contributed by atoms with Gasteiger partial charge in [0.2, 0.25) is 0 Å². The van der Waals surface area contributed by atoms with Gasteiger partial charge in [0.25, 0.3) is 0 Å². The van der Waals surface area contributed by atoms with Gasteiger partial charge < -0.3 is 43.1 Å². The Balaban J connectivity index is 0. The van der Waals surface area contributed by atoms with Gasteiger partial charge in [0.05, 0.1) is 77.8 Å². The smallest absolute Gasteiger partial charge is 0.382 e.